The summed E-state index contributed by atoms with van der Waals surface area (Å²) in [7, 11) is 1.59. The zero-order valence-corrected chi connectivity index (χ0v) is 8.27. The number of ether oxygens (including phenoxy) is 1. The predicted molar refractivity (Wildman–Crippen MR) is 53.2 cm³/mol. The first kappa shape index (κ1) is 10.5. The number of benzene rings is 1. The Morgan fingerprint density at radius 3 is 2.43 bits per heavy atom. The monoisotopic (exact) mass is 195 g/mol. The molecule has 0 radical (unpaired) electrons. The molecule has 0 N–H and O–H groups in total. The van der Waals surface area contributed by atoms with Gasteiger partial charge in [-0.3, -0.25) is 10.1 Å². The first-order chi connectivity index (χ1) is 6.63. The Morgan fingerprint density at radius 2 is 2.00 bits per heavy atom. The zero-order valence-electron chi connectivity index (χ0n) is 8.27. The minimum absolute atomic E-state index is 0.274. The van der Waals surface area contributed by atoms with Crippen molar-refractivity contribution >= 4 is 0 Å². The minimum Gasteiger partial charge on any atom is -0.497 e. The van der Waals surface area contributed by atoms with Gasteiger partial charge in [0.1, 0.15) is 5.75 Å². The maximum absolute atomic E-state index is 10.4. The van der Waals surface area contributed by atoms with E-state index in [4.69, 9.17) is 4.74 Å². The fourth-order valence-corrected chi connectivity index (χ4v) is 1.18. The summed E-state index contributed by atoms with van der Waals surface area (Å²) in [6, 6.07) is 6.77. The van der Waals surface area contributed by atoms with Crippen LogP contribution in [-0.2, 0) is 6.42 Å². The summed E-state index contributed by atoms with van der Waals surface area (Å²) in [5, 5.41) is 10.4. The van der Waals surface area contributed by atoms with Gasteiger partial charge in [-0.25, -0.2) is 0 Å². The highest BCUT2D eigenvalue weighted by Crippen LogP contribution is 2.13. The molecule has 4 heteroatoms. The average molecular weight is 195 g/mol. The summed E-state index contributed by atoms with van der Waals surface area (Å²) in [4.78, 5) is 10.1. The Morgan fingerprint density at radius 1 is 1.43 bits per heavy atom. The summed E-state index contributed by atoms with van der Waals surface area (Å²) < 4.78 is 4.99. The van der Waals surface area contributed by atoms with Crippen molar-refractivity contribution in [3.63, 3.8) is 0 Å². The second-order valence-corrected chi connectivity index (χ2v) is 3.19. The first-order valence-electron chi connectivity index (χ1n) is 4.40. The highest BCUT2D eigenvalue weighted by molar-refractivity contribution is 5.27. The van der Waals surface area contributed by atoms with Gasteiger partial charge in [0.15, 0.2) is 0 Å². The molecular formula is C10H13NO3. The van der Waals surface area contributed by atoms with Crippen LogP contribution in [0, 0.1) is 10.1 Å². The molecule has 1 atom stereocenters. The third-order valence-corrected chi connectivity index (χ3v) is 2.05. The molecule has 1 rings (SSSR count). The molecule has 0 saturated carbocycles. The molecule has 0 fully saturated rings. The summed E-state index contributed by atoms with van der Waals surface area (Å²) in [5.41, 5.74) is 0.954. The molecule has 4 nitrogen and oxygen atoms in total. The fraction of sp³-hybridized carbons (Fsp3) is 0.400. The van der Waals surface area contributed by atoms with Gasteiger partial charge in [0.2, 0.25) is 6.04 Å². The van der Waals surface area contributed by atoms with E-state index in [1.807, 2.05) is 24.3 Å². The summed E-state index contributed by atoms with van der Waals surface area (Å²) in [5.74, 6) is 0.766. The van der Waals surface area contributed by atoms with Crippen molar-refractivity contribution in [3.05, 3.63) is 39.9 Å². The van der Waals surface area contributed by atoms with E-state index in [0.717, 1.165) is 11.3 Å². The number of nitro groups is 1. The average Bonchev–Trinajstić information content (AvgIpc) is 2.19. The van der Waals surface area contributed by atoms with E-state index in [9.17, 15) is 10.1 Å². The van der Waals surface area contributed by atoms with E-state index < -0.39 is 6.04 Å². The van der Waals surface area contributed by atoms with E-state index >= 15 is 0 Å². The van der Waals surface area contributed by atoms with Crippen LogP contribution in [0.1, 0.15) is 12.5 Å². The molecule has 1 aromatic carbocycles. The van der Waals surface area contributed by atoms with Crippen molar-refractivity contribution in [2.45, 2.75) is 19.4 Å². The SMILES string of the molecule is COc1ccc(C[C@H](C)[N+](=O)[O-])cc1. The lowest BCUT2D eigenvalue weighted by Crippen LogP contribution is -2.17. The summed E-state index contributed by atoms with van der Waals surface area (Å²) in [6.07, 6.45) is 0.455. The Labute approximate surface area is 82.7 Å². The van der Waals surface area contributed by atoms with Gasteiger partial charge < -0.3 is 4.74 Å². The van der Waals surface area contributed by atoms with E-state index in [1.165, 1.54) is 0 Å². The van der Waals surface area contributed by atoms with Crippen LogP contribution < -0.4 is 4.74 Å². The molecule has 0 saturated heterocycles. The summed E-state index contributed by atoms with van der Waals surface area (Å²) >= 11 is 0. The van der Waals surface area contributed by atoms with Gasteiger partial charge in [0.25, 0.3) is 0 Å². The van der Waals surface area contributed by atoms with Gasteiger partial charge in [-0.15, -0.1) is 0 Å². The molecule has 14 heavy (non-hydrogen) atoms. The van der Waals surface area contributed by atoms with Gasteiger partial charge in [0.05, 0.1) is 7.11 Å². The Balaban J connectivity index is 2.64. The zero-order chi connectivity index (χ0) is 10.6. The molecule has 0 spiro atoms. The van der Waals surface area contributed by atoms with Crippen LogP contribution in [0.15, 0.2) is 24.3 Å². The molecular weight excluding hydrogens is 182 g/mol. The molecule has 0 aliphatic carbocycles. The van der Waals surface area contributed by atoms with Crippen molar-refractivity contribution in [1.82, 2.24) is 0 Å². The van der Waals surface area contributed by atoms with E-state index in [0.29, 0.717) is 6.42 Å². The maximum Gasteiger partial charge on any atom is 0.214 e. The molecule has 0 aromatic heterocycles. The Hall–Kier alpha value is -1.58. The molecule has 0 aliphatic heterocycles. The lowest BCUT2D eigenvalue weighted by molar-refractivity contribution is -0.517. The van der Waals surface area contributed by atoms with Crippen LogP contribution in [0.4, 0.5) is 0 Å². The first-order valence-corrected chi connectivity index (χ1v) is 4.40. The van der Waals surface area contributed by atoms with Crippen molar-refractivity contribution in [3.8, 4) is 5.75 Å². The van der Waals surface area contributed by atoms with Crippen LogP contribution in [0.5, 0.6) is 5.75 Å². The van der Waals surface area contributed by atoms with Gasteiger partial charge >= 0.3 is 0 Å². The van der Waals surface area contributed by atoms with E-state index in [-0.39, 0.29) is 4.92 Å². The minimum atomic E-state index is -0.539. The lowest BCUT2D eigenvalue weighted by Gasteiger charge is -2.04. The van der Waals surface area contributed by atoms with Gasteiger partial charge in [-0.1, -0.05) is 12.1 Å². The van der Waals surface area contributed by atoms with Crippen LogP contribution in [0.25, 0.3) is 0 Å². The smallest absolute Gasteiger partial charge is 0.214 e. The van der Waals surface area contributed by atoms with Crippen LogP contribution in [0.2, 0.25) is 0 Å². The number of hydrogen-bond acceptors (Lipinski definition) is 3. The number of hydrogen-bond donors (Lipinski definition) is 0. The van der Waals surface area contributed by atoms with Crippen LogP contribution in [0.3, 0.4) is 0 Å². The third-order valence-electron chi connectivity index (χ3n) is 2.05. The van der Waals surface area contributed by atoms with Crippen LogP contribution >= 0.6 is 0 Å². The largest absolute Gasteiger partial charge is 0.497 e. The van der Waals surface area contributed by atoms with Crippen molar-refractivity contribution in [1.29, 1.82) is 0 Å². The molecule has 1 aromatic rings. The Bertz CT molecular complexity index is 308. The maximum atomic E-state index is 10.4. The number of methoxy groups -OCH3 is 1. The standard InChI is InChI=1S/C10H13NO3/c1-8(11(12)13)7-9-3-5-10(14-2)6-4-9/h3-6,8H,7H2,1-2H3/t8-/m0/s1. The quantitative estimate of drug-likeness (QED) is 0.544. The third kappa shape index (κ3) is 2.73. The second kappa shape index (κ2) is 4.60. The van der Waals surface area contributed by atoms with Gasteiger partial charge in [-0.05, 0) is 17.7 Å². The Kier molecular flexibility index (Phi) is 3.45. The highest BCUT2D eigenvalue weighted by Gasteiger charge is 2.12. The van der Waals surface area contributed by atoms with E-state index in [2.05, 4.69) is 0 Å². The van der Waals surface area contributed by atoms with Gasteiger partial charge in [0, 0.05) is 18.3 Å². The highest BCUT2D eigenvalue weighted by atomic mass is 16.6. The number of rotatable bonds is 4. The molecule has 0 unspecified atom stereocenters. The number of nitrogens with zero attached hydrogens (tertiary/aromatic N) is 1. The molecule has 0 amide bonds. The van der Waals surface area contributed by atoms with Gasteiger partial charge in [-0.2, -0.15) is 0 Å². The molecule has 76 valence electrons. The lowest BCUT2D eigenvalue weighted by atomic mass is 10.1. The van der Waals surface area contributed by atoms with Crippen LogP contribution in [-0.4, -0.2) is 18.1 Å². The molecule has 0 bridgehead atoms. The topological polar surface area (TPSA) is 52.4 Å². The van der Waals surface area contributed by atoms with Crippen molar-refractivity contribution in [2.24, 2.45) is 0 Å². The van der Waals surface area contributed by atoms with Crippen molar-refractivity contribution < 1.29 is 9.66 Å². The normalized spacial score (nSPS) is 12.1. The molecule has 0 aliphatic rings. The molecule has 0 heterocycles. The predicted octanol–water partition coefficient (Wildman–Crippen LogP) is 1.90. The van der Waals surface area contributed by atoms with Crippen molar-refractivity contribution in [2.75, 3.05) is 7.11 Å². The fourth-order valence-electron chi connectivity index (χ4n) is 1.18. The second-order valence-electron chi connectivity index (χ2n) is 3.19. The van der Waals surface area contributed by atoms with E-state index in [1.54, 1.807) is 14.0 Å². The summed E-state index contributed by atoms with van der Waals surface area (Å²) in [6.45, 7) is 1.60.